The predicted molar refractivity (Wildman–Crippen MR) is 80.8 cm³/mol. The number of fused-ring (bicyclic) bond motifs is 3. The summed E-state index contributed by atoms with van der Waals surface area (Å²) < 4.78 is 7.65. The zero-order valence-corrected chi connectivity index (χ0v) is 13.5. The van der Waals surface area contributed by atoms with Crippen LogP contribution in [-0.4, -0.2) is 88.0 Å². The van der Waals surface area contributed by atoms with E-state index in [4.69, 9.17) is 14.6 Å². The highest BCUT2D eigenvalue weighted by molar-refractivity contribution is 5.79. The maximum absolute atomic E-state index is 12.3. The van der Waals surface area contributed by atoms with Gasteiger partial charge in [0.05, 0.1) is 25.2 Å². The van der Waals surface area contributed by atoms with E-state index in [-0.39, 0.29) is 24.3 Å². The van der Waals surface area contributed by atoms with E-state index in [2.05, 4.69) is 15.1 Å². The summed E-state index contributed by atoms with van der Waals surface area (Å²) in [5.74, 6) is 1.11. The minimum absolute atomic E-state index is 0.0329. The van der Waals surface area contributed by atoms with Crippen molar-refractivity contribution in [1.29, 1.82) is 0 Å². The number of aromatic nitrogens is 3. The SMILES string of the molecule is Cc1nncn1CCN1C[C@@H]2COC[C@H](C1)N(C)C2=O.O=CO. The lowest BCUT2D eigenvalue weighted by Gasteiger charge is -2.29. The molecule has 2 bridgehead atoms. The minimum Gasteiger partial charge on any atom is -0.483 e. The fourth-order valence-electron chi connectivity index (χ4n) is 2.95. The molecule has 2 aliphatic heterocycles. The van der Waals surface area contributed by atoms with Gasteiger partial charge in [0.15, 0.2) is 0 Å². The predicted octanol–water partition coefficient (Wildman–Crippen LogP) is -0.924. The number of carboxylic acid groups (broad SMARTS) is 1. The van der Waals surface area contributed by atoms with Crippen molar-refractivity contribution in [3.05, 3.63) is 12.2 Å². The van der Waals surface area contributed by atoms with Gasteiger partial charge in [0.1, 0.15) is 12.2 Å². The number of likely N-dealkylation sites (N-methyl/N-ethyl adjacent to an activating group) is 1. The summed E-state index contributed by atoms with van der Waals surface area (Å²) in [5, 5.41) is 14.8. The van der Waals surface area contributed by atoms with Gasteiger partial charge in [-0.05, 0) is 6.92 Å². The van der Waals surface area contributed by atoms with Crippen LogP contribution in [0.1, 0.15) is 5.82 Å². The van der Waals surface area contributed by atoms with E-state index in [0.29, 0.717) is 13.2 Å². The van der Waals surface area contributed by atoms with Crippen molar-refractivity contribution in [2.24, 2.45) is 5.92 Å². The van der Waals surface area contributed by atoms with E-state index >= 15 is 0 Å². The highest BCUT2D eigenvalue weighted by atomic mass is 16.5. The molecule has 23 heavy (non-hydrogen) atoms. The molecule has 1 amide bonds. The fourth-order valence-corrected chi connectivity index (χ4v) is 2.95. The Kier molecular flexibility index (Phi) is 6.05. The Labute approximate surface area is 134 Å². The normalized spacial score (nSPS) is 24.6. The standard InChI is InChI=1S/C13H21N5O2.CH2O2/c1-10-15-14-9-18(10)4-3-17-5-11-7-20-8-12(6-17)16(2)13(11)19;2-1-3/h9,11-12H,3-8H2,1-2H3;1H,(H,2,3)/t11-,12+;/m1./s1. The molecule has 0 aromatic carbocycles. The molecule has 2 saturated heterocycles. The van der Waals surface area contributed by atoms with Gasteiger partial charge in [-0.2, -0.15) is 0 Å². The van der Waals surface area contributed by atoms with Gasteiger partial charge >= 0.3 is 0 Å². The molecule has 3 rings (SSSR count). The average Bonchev–Trinajstić information content (AvgIpc) is 2.81. The fraction of sp³-hybridized carbons (Fsp3) is 0.714. The van der Waals surface area contributed by atoms with Gasteiger partial charge in [0.2, 0.25) is 5.91 Å². The van der Waals surface area contributed by atoms with Crippen LogP contribution in [0.25, 0.3) is 0 Å². The summed E-state index contributed by atoms with van der Waals surface area (Å²) in [7, 11) is 1.89. The molecule has 0 unspecified atom stereocenters. The molecule has 1 N–H and O–H groups in total. The van der Waals surface area contributed by atoms with Crippen molar-refractivity contribution in [1.82, 2.24) is 24.6 Å². The van der Waals surface area contributed by atoms with Crippen LogP contribution in [0.2, 0.25) is 0 Å². The summed E-state index contributed by atoms with van der Waals surface area (Å²) in [4.78, 5) is 24.8. The number of aryl methyl sites for hydroxylation is 1. The molecule has 9 heteroatoms. The summed E-state index contributed by atoms with van der Waals surface area (Å²) in [5.41, 5.74) is 0. The van der Waals surface area contributed by atoms with Crippen LogP contribution >= 0.6 is 0 Å². The molecule has 1 aromatic heterocycles. The summed E-state index contributed by atoms with van der Waals surface area (Å²) in [6.45, 7) is 6.31. The van der Waals surface area contributed by atoms with Crippen LogP contribution in [-0.2, 0) is 20.9 Å². The molecule has 0 radical (unpaired) electrons. The average molecular weight is 325 g/mol. The molecule has 128 valence electrons. The second-order valence-corrected chi connectivity index (χ2v) is 5.77. The van der Waals surface area contributed by atoms with E-state index < -0.39 is 0 Å². The Morgan fingerprint density at radius 3 is 2.78 bits per heavy atom. The second kappa shape index (κ2) is 8.02. The molecule has 0 aliphatic carbocycles. The molecule has 0 spiro atoms. The minimum atomic E-state index is -0.250. The molecule has 1 aromatic rings. The van der Waals surface area contributed by atoms with Crippen LogP contribution in [0.3, 0.4) is 0 Å². The maximum atomic E-state index is 12.3. The number of hydrogen-bond donors (Lipinski definition) is 1. The van der Waals surface area contributed by atoms with Gasteiger partial charge in [0, 0.05) is 33.2 Å². The summed E-state index contributed by atoms with van der Waals surface area (Å²) in [6, 6.07) is 0.164. The first-order valence-corrected chi connectivity index (χ1v) is 7.55. The zero-order chi connectivity index (χ0) is 16.8. The highest BCUT2D eigenvalue weighted by Gasteiger charge is 2.36. The molecular formula is C14H23N5O4. The van der Waals surface area contributed by atoms with Gasteiger partial charge in [-0.1, -0.05) is 0 Å². The third-order valence-corrected chi connectivity index (χ3v) is 4.29. The van der Waals surface area contributed by atoms with Crippen LogP contribution in [0, 0.1) is 12.8 Å². The number of ether oxygens (including phenoxy) is 1. The largest absolute Gasteiger partial charge is 0.483 e. The van der Waals surface area contributed by atoms with Crippen LogP contribution in [0.4, 0.5) is 0 Å². The highest BCUT2D eigenvalue weighted by Crippen LogP contribution is 2.19. The number of amides is 1. The lowest BCUT2D eigenvalue weighted by Crippen LogP contribution is -2.43. The Bertz CT molecular complexity index is 535. The quantitative estimate of drug-likeness (QED) is 0.717. The monoisotopic (exact) mass is 325 g/mol. The Morgan fingerprint density at radius 1 is 1.39 bits per heavy atom. The van der Waals surface area contributed by atoms with E-state index in [9.17, 15) is 4.79 Å². The van der Waals surface area contributed by atoms with E-state index in [0.717, 1.165) is 32.0 Å². The van der Waals surface area contributed by atoms with Gasteiger partial charge in [-0.15, -0.1) is 10.2 Å². The Balaban J connectivity index is 0.000000595. The number of rotatable bonds is 3. The molecule has 2 atom stereocenters. The van der Waals surface area contributed by atoms with E-state index in [1.807, 2.05) is 23.4 Å². The van der Waals surface area contributed by atoms with Crippen molar-refractivity contribution in [2.75, 3.05) is 39.9 Å². The summed E-state index contributed by atoms with van der Waals surface area (Å²) >= 11 is 0. The number of hydrogen-bond acceptors (Lipinski definition) is 6. The first-order chi connectivity index (χ1) is 11.1. The molecule has 3 heterocycles. The Morgan fingerprint density at radius 2 is 2.13 bits per heavy atom. The van der Waals surface area contributed by atoms with Crippen LogP contribution < -0.4 is 0 Å². The molecule has 9 nitrogen and oxygen atoms in total. The van der Waals surface area contributed by atoms with Gasteiger partial charge < -0.3 is 19.3 Å². The number of carbonyl (C=O) groups excluding carboxylic acids is 1. The lowest BCUT2D eigenvalue weighted by atomic mass is 10.1. The number of carbonyl (C=O) groups is 2. The molecule has 0 saturated carbocycles. The van der Waals surface area contributed by atoms with Gasteiger partial charge in [0.25, 0.3) is 6.47 Å². The second-order valence-electron chi connectivity index (χ2n) is 5.77. The lowest BCUT2D eigenvalue weighted by molar-refractivity contribution is -0.134. The number of nitrogens with zero attached hydrogens (tertiary/aromatic N) is 5. The van der Waals surface area contributed by atoms with Crippen LogP contribution in [0.15, 0.2) is 6.33 Å². The first kappa shape index (κ1) is 17.4. The third-order valence-electron chi connectivity index (χ3n) is 4.29. The third kappa shape index (κ3) is 4.26. The zero-order valence-electron chi connectivity index (χ0n) is 13.5. The van der Waals surface area contributed by atoms with Crippen LogP contribution in [0.5, 0.6) is 0 Å². The van der Waals surface area contributed by atoms with Gasteiger partial charge in [-0.25, -0.2) is 0 Å². The molecular weight excluding hydrogens is 302 g/mol. The summed E-state index contributed by atoms with van der Waals surface area (Å²) in [6.07, 6.45) is 1.76. The van der Waals surface area contributed by atoms with Crippen molar-refractivity contribution in [3.8, 4) is 0 Å². The van der Waals surface area contributed by atoms with Crippen molar-refractivity contribution < 1.29 is 19.4 Å². The topological polar surface area (TPSA) is 101 Å². The smallest absolute Gasteiger partial charge is 0.290 e. The van der Waals surface area contributed by atoms with Crippen molar-refractivity contribution in [2.45, 2.75) is 19.5 Å². The van der Waals surface area contributed by atoms with Crippen molar-refractivity contribution >= 4 is 12.4 Å². The van der Waals surface area contributed by atoms with E-state index in [1.165, 1.54) is 0 Å². The maximum Gasteiger partial charge on any atom is 0.290 e. The first-order valence-electron chi connectivity index (χ1n) is 7.55. The molecule has 2 fully saturated rings. The van der Waals surface area contributed by atoms with Gasteiger partial charge in [-0.3, -0.25) is 14.5 Å². The Hall–Kier alpha value is -2.00. The van der Waals surface area contributed by atoms with Crippen molar-refractivity contribution in [3.63, 3.8) is 0 Å². The molecule has 2 aliphatic rings. The van der Waals surface area contributed by atoms with E-state index in [1.54, 1.807) is 6.33 Å².